The Balaban J connectivity index is 1.77. The minimum absolute atomic E-state index is 0.384. The highest BCUT2D eigenvalue weighted by atomic mass is 16.5. The van der Waals surface area contributed by atoms with Crippen molar-refractivity contribution in [3.8, 4) is 0 Å². The van der Waals surface area contributed by atoms with Gasteiger partial charge in [-0.1, -0.05) is 6.92 Å². The Morgan fingerprint density at radius 1 is 1.19 bits per heavy atom. The summed E-state index contributed by atoms with van der Waals surface area (Å²) >= 11 is 0. The summed E-state index contributed by atoms with van der Waals surface area (Å²) in [5, 5.41) is 3.49. The van der Waals surface area contributed by atoms with Gasteiger partial charge in [0, 0.05) is 52.5 Å². The summed E-state index contributed by atoms with van der Waals surface area (Å²) in [5.74, 6) is 1.90. The molecule has 158 valence electrons. The van der Waals surface area contributed by atoms with Gasteiger partial charge >= 0.3 is 0 Å². The van der Waals surface area contributed by atoms with Gasteiger partial charge in [0.15, 0.2) is 5.96 Å². The van der Waals surface area contributed by atoms with Crippen molar-refractivity contribution < 1.29 is 9.47 Å². The second-order valence-corrected chi connectivity index (χ2v) is 8.19. The highest BCUT2D eigenvalue weighted by molar-refractivity contribution is 5.80. The third-order valence-electron chi connectivity index (χ3n) is 5.74. The lowest BCUT2D eigenvalue weighted by atomic mass is 9.99. The number of guanidine groups is 1. The van der Waals surface area contributed by atoms with Gasteiger partial charge in [0.05, 0.1) is 12.6 Å². The van der Waals surface area contributed by atoms with Crippen molar-refractivity contribution in [2.24, 2.45) is 10.9 Å². The molecule has 2 unspecified atom stereocenters. The zero-order valence-electron chi connectivity index (χ0n) is 18.1. The molecule has 0 aromatic rings. The molecule has 2 aliphatic rings. The minimum Gasteiger partial charge on any atom is -0.385 e. The molecule has 2 saturated heterocycles. The van der Waals surface area contributed by atoms with Crippen LogP contribution in [0.2, 0.25) is 0 Å². The molecule has 2 aliphatic heterocycles. The van der Waals surface area contributed by atoms with Gasteiger partial charge in [-0.05, 0) is 58.4 Å². The second-order valence-electron chi connectivity index (χ2n) is 8.19. The van der Waals surface area contributed by atoms with Crippen LogP contribution < -0.4 is 5.32 Å². The molecule has 2 fully saturated rings. The summed E-state index contributed by atoms with van der Waals surface area (Å²) in [4.78, 5) is 10.0. The molecule has 0 aromatic heterocycles. The average Bonchev–Trinajstić information content (AvgIpc) is 2.69. The fraction of sp³-hybridized carbons (Fsp3) is 0.952. The largest absolute Gasteiger partial charge is 0.385 e. The maximum atomic E-state index is 5.99. The first-order valence-corrected chi connectivity index (χ1v) is 11.0. The van der Waals surface area contributed by atoms with Gasteiger partial charge < -0.3 is 19.7 Å². The van der Waals surface area contributed by atoms with Crippen molar-refractivity contribution in [2.75, 3.05) is 59.6 Å². The average molecular weight is 383 g/mol. The number of likely N-dealkylation sites (tertiary alicyclic amines) is 2. The Morgan fingerprint density at radius 2 is 1.96 bits per heavy atom. The lowest BCUT2D eigenvalue weighted by Crippen LogP contribution is -2.48. The Bertz CT molecular complexity index is 424. The molecule has 1 N–H and O–H groups in total. The van der Waals surface area contributed by atoms with Crippen LogP contribution >= 0.6 is 0 Å². The Morgan fingerprint density at radius 3 is 2.63 bits per heavy atom. The molecule has 0 bridgehead atoms. The smallest absolute Gasteiger partial charge is 0.193 e. The number of hydrogen-bond donors (Lipinski definition) is 1. The highest BCUT2D eigenvalue weighted by Crippen LogP contribution is 2.18. The topological polar surface area (TPSA) is 49.3 Å². The summed E-state index contributed by atoms with van der Waals surface area (Å²) < 4.78 is 11.1. The first-order valence-electron chi connectivity index (χ1n) is 11.0. The van der Waals surface area contributed by atoms with Crippen LogP contribution in [0, 0.1) is 5.92 Å². The number of ether oxygens (including phenoxy) is 2. The van der Waals surface area contributed by atoms with Crippen LogP contribution in [-0.4, -0.2) is 87.5 Å². The fourth-order valence-corrected chi connectivity index (χ4v) is 4.07. The van der Waals surface area contributed by atoms with Crippen molar-refractivity contribution >= 4 is 5.96 Å². The van der Waals surface area contributed by atoms with Crippen molar-refractivity contribution in [1.29, 1.82) is 0 Å². The molecule has 0 spiro atoms. The standard InChI is InChI=1S/C21H42N4O2/c1-5-22-21(23-16-19(3)25-11-6-8-18(2)17-25)24-12-9-20(10-13-24)27-15-7-14-26-4/h18-20H,5-17H2,1-4H3,(H,22,23). The van der Waals surface area contributed by atoms with Crippen LogP contribution in [0.15, 0.2) is 4.99 Å². The summed E-state index contributed by atoms with van der Waals surface area (Å²) in [6.07, 6.45) is 6.22. The maximum absolute atomic E-state index is 5.99. The molecular formula is C21H42N4O2. The monoisotopic (exact) mass is 382 g/mol. The second kappa shape index (κ2) is 12.6. The molecule has 0 radical (unpaired) electrons. The zero-order valence-corrected chi connectivity index (χ0v) is 18.1. The van der Waals surface area contributed by atoms with E-state index < -0.39 is 0 Å². The van der Waals surface area contributed by atoms with Gasteiger partial charge in [-0.3, -0.25) is 9.89 Å². The van der Waals surface area contributed by atoms with E-state index >= 15 is 0 Å². The van der Waals surface area contributed by atoms with E-state index in [0.29, 0.717) is 12.1 Å². The molecule has 2 atom stereocenters. The molecule has 0 amide bonds. The summed E-state index contributed by atoms with van der Waals surface area (Å²) in [6.45, 7) is 14.7. The summed E-state index contributed by atoms with van der Waals surface area (Å²) in [6, 6.07) is 0.517. The number of aliphatic imine (C=N–C) groups is 1. The first kappa shape index (κ1) is 22.4. The molecule has 27 heavy (non-hydrogen) atoms. The van der Waals surface area contributed by atoms with Gasteiger partial charge in [-0.15, -0.1) is 0 Å². The predicted molar refractivity (Wildman–Crippen MR) is 112 cm³/mol. The van der Waals surface area contributed by atoms with E-state index in [-0.39, 0.29) is 0 Å². The van der Waals surface area contributed by atoms with Crippen LogP contribution in [0.25, 0.3) is 0 Å². The number of rotatable bonds is 9. The van der Waals surface area contributed by atoms with E-state index in [4.69, 9.17) is 14.5 Å². The van der Waals surface area contributed by atoms with Gasteiger partial charge in [0.2, 0.25) is 0 Å². The maximum Gasteiger partial charge on any atom is 0.193 e. The number of nitrogens with one attached hydrogen (secondary N) is 1. The van der Waals surface area contributed by atoms with Crippen LogP contribution in [-0.2, 0) is 9.47 Å². The normalized spacial score (nSPS) is 24.2. The molecule has 6 nitrogen and oxygen atoms in total. The summed E-state index contributed by atoms with van der Waals surface area (Å²) in [5.41, 5.74) is 0. The molecule has 2 rings (SSSR count). The van der Waals surface area contributed by atoms with Gasteiger partial charge in [-0.25, -0.2) is 0 Å². The molecule has 0 saturated carbocycles. The van der Waals surface area contributed by atoms with Crippen molar-refractivity contribution in [2.45, 2.75) is 65.0 Å². The van der Waals surface area contributed by atoms with E-state index in [1.165, 1.54) is 25.9 Å². The van der Waals surface area contributed by atoms with Crippen molar-refractivity contribution in [3.05, 3.63) is 0 Å². The molecule has 0 aliphatic carbocycles. The first-order chi connectivity index (χ1) is 13.1. The minimum atomic E-state index is 0.384. The molecule has 2 heterocycles. The SMILES string of the molecule is CCNC(=NCC(C)N1CCCC(C)C1)N1CCC(OCCCOC)CC1. The summed E-state index contributed by atoms with van der Waals surface area (Å²) in [7, 11) is 1.74. The number of hydrogen-bond acceptors (Lipinski definition) is 4. The third-order valence-corrected chi connectivity index (χ3v) is 5.74. The lowest BCUT2D eigenvalue weighted by Gasteiger charge is -2.36. The van der Waals surface area contributed by atoms with Gasteiger partial charge in [0.25, 0.3) is 0 Å². The highest BCUT2D eigenvalue weighted by Gasteiger charge is 2.23. The molecule has 0 aromatic carbocycles. The lowest BCUT2D eigenvalue weighted by molar-refractivity contribution is 0.00988. The molecular weight excluding hydrogens is 340 g/mol. The Hall–Kier alpha value is -0.850. The van der Waals surface area contributed by atoms with Crippen molar-refractivity contribution in [1.82, 2.24) is 15.1 Å². The van der Waals surface area contributed by atoms with E-state index in [9.17, 15) is 0 Å². The van der Waals surface area contributed by atoms with E-state index in [2.05, 4.69) is 35.9 Å². The Kier molecular flexibility index (Phi) is 10.5. The molecule has 6 heteroatoms. The van der Waals surface area contributed by atoms with Gasteiger partial charge in [-0.2, -0.15) is 0 Å². The van der Waals surface area contributed by atoms with Crippen LogP contribution in [0.3, 0.4) is 0 Å². The number of nitrogens with zero attached hydrogens (tertiary/aromatic N) is 3. The van der Waals surface area contributed by atoms with Gasteiger partial charge in [0.1, 0.15) is 0 Å². The predicted octanol–water partition coefficient (Wildman–Crippen LogP) is 2.59. The van der Waals surface area contributed by atoms with Crippen LogP contribution in [0.1, 0.15) is 52.9 Å². The fourth-order valence-electron chi connectivity index (χ4n) is 4.07. The number of methoxy groups -OCH3 is 1. The third kappa shape index (κ3) is 7.96. The van der Waals surface area contributed by atoms with Crippen LogP contribution in [0.5, 0.6) is 0 Å². The quantitative estimate of drug-likeness (QED) is 0.377. The van der Waals surface area contributed by atoms with Crippen molar-refractivity contribution in [3.63, 3.8) is 0 Å². The van der Waals surface area contributed by atoms with E-state index in [1.54, 1.807) is 7.11 Å². The zero-order chi connectivity index (χ0) is 19.5. The van der Waals surface area contributed by atoms with E-state index in [1.807, 2.05) is 0 Å². The Labute approximate surface area is 166 Å². The number of piperidine rings is 2. The van der Waals surface area contributed by atoms with Crippen LogP contribution in [0.4, 0.5) is 0 Å². The van der Waals surface area contributed by atoms with E-state index in [0.717, 1.165) is 70.5 Å².